The highest BCUT2D eigenvalue weighted by atomic mass is 19.1. The van der Waals surface area contributed by atoms with Crippen LogP contribution in [0, 0.1) is 5.82 Å². The van der Waals surface area contributed by atoms with E-state index in [9.17, 15) is 9.18 Å². The molecular weight excluding hydrogens is 327 g/mol. The predicted molar refractivity (Wildman–Crippen MR) is 86.5 cm³/mol. The number of rotatable bonds is 6. The second kappa shape index (κ2) is 7.16. The third-order valence-corrected chi connectivity index (χ3v) is 3.56. The van der Waals surface area contributed by atoms with Gasteiger partial charge in [-0.15, -0.1) is 5.10 Å². The number of anilines is 1. The van der Waals surface area contributed by atoms with Crippen molar-refractivity contribution in [1.82, 2.24) is 35.0 Å². The average Bonchev–Trinajstić information content (AvgIpc) is 3.26. The maximum atomic E-state index is 14.0. The zero-order valence-corrected chi connectivity index (χ0v) is 13.8. The molecule has 2 heterocycles. The molecule has 9 nitrogen and oxygen atoms in total. The maximum absolute atomic E-state index is 14.0. The maximum Gasteiger partial charge on any atom is 0.246 e. The lowest BCUT2D eigenvalue weighted by atomic mass is 10.2. The zero-order valence-electron chi connectivity index (χ0n) is 13.8. The van der Waals surface area contributed by atoms with Gasteiger partial charge in [-0.05, 0) is 28.6 Å². The highest BCUT2D eigenvalue weighted by Gasteiger charge is 2.13. The van der Waals surface area contributed by atoms with Crippen LogP contribution in [0.3, 0.4) is 0 Å². The van der Waals surface area contributed by atoms with Gasteiger partial charge in [0.2, 0.25) is 5.91 Å². The predicted octanol–water partition coefficient (Wildman–Crippen LogP) is 1.16. The van der Waals surface area contributed by atoms with Gasteiger partial charge in [0.15, 0.2) is 5.82 Å². The number of aromatic nitrogens is 7. The number of amides is 1. The first kappa shape index (κ1) is 16.7. The molecular formula is C15H17FN8O. The Kier molecular flexibility index (Phi) is 4.78. The fraction of sp³-hybridized carbons (Fsp3) is 0.333. The molecule has 0 bridgehead atoms. The quantitative estimate of drug-likeness (QED) is 0.719. The smallest absolute Gasteiger partial charge is 0.246 e. The molecule has 3 aromatic rings. The lowest BCUT2D eigenvalue weighted by molar-refractivity contribution is -0.117. The molecule has 0 atom stereocenters. The molecule has 0 unspecified atom stereocenters. The summed E-state index contributed by atoms with van der Waals surface area (Å²) >= 11 is 0. The molecule has 0 aliphatic carbocycles. The van der Waals surface area contributed by atoms with Gasteiger partial charge in [0.1, 0.15) is 24.5 Å². The Labute approximate surface area is 142 Å². The van der Waals surface area contributed by atoms with E-state index in [1.807, 2.05) is 13.8 Å². The summed E-state index contributed by atoms with van der Waals surface area (Å²) in [6.07, 6.45) is 2.72. The van der Waals surface area contributed by atoms with Crippen molar-refractivity contribution in [2.45, 2.75) is 33.2 Å². The number of carbonyl (C=O) groups is 1. The highest BCUT2D eigenvalue weighted by Crippen LogP contribution is 2.18. The first-order chi connectivity index (χ1) is 12.1. The number of halogens is 1. The standard InChI is InChI=1S/C15H17FN8O/c1-3-13-19-14(4-2)23(20-13)8-15(25)18-12-7-10(5-6-11(12)16)24-9-17-21-22-24/h5-7,9H,3-4,8H2,1-2H3,(H,18,25). The van der Waals surface area contributed by atoms with E-state index in [0.717, 1.165) is 5.82 Å². The molecule has 1 aromatic carbocycles. The minimum atomic E-state index is -0.547. The van der Waals surface area contributed by atoms with E-state index in [4.69, 9.17) is 0 Å². The van der Waals surface area contributed by atoms with E-state index >= 15 is 0 Å². The fourth-order valence-electron chi connectivity index (χ4n) is 2.32. The summed E-state index contributed by atoms with van der Waals surface area (Å²) < 4.78 is 16.9. The van der Waals surface area contributed by atoms with Gasteiger partial charge in [-0.2, -0.15) is 5.10 Å². The van der Waals surface area contributed by atoms with E-state index in [-0.39, 0.29) is 12.2 Å². The number of hydrogen-bond acceptors (Lipinski definition) is 6. The number of carbonyl (C=O) groups excluding carboxylic acids is 1. The molecule has 0 saturated carbocycles. The molecule has 3 rings (SSSR count). The van der Waals surface area contributed by atoms with Crippen LogP contribution in [-0.2, 0) is 24.2 Å². The monoisotopic (exact) mass is 344 g/mol. The van der Waals surface area contributed by atoms with Crippen molar-refractivity contribution in [2.24, 2.45) is 0 Å². The molecule has 130 valence electrons. The Balaban J connectivity index is 1.77. The second-order valence-corrected chi connectivity index (χ2v) is 5.28. The van der Waals surface area contributed by atoms with Gasteiger partial charge in [0.25, 0.3) is 0 Å². The van der Waals surface area contributed by atoms with Crippen LogP contribution in [0.5, 0.6) is 0 Å². The van der Waals surface area contributed by atoms with Crippen molar-refractivity contribution in [3.63, 3.8) is 0 Å². The van der Waals surface area contributed by atoms with Gasteiger partial charge >= 0.3 is 0 Å². The van der Waals surface area contributed by atoms with Crippen LogP contribution in [0.25, 0.3) is 5.69 Å². The molecule has 25 heavy (non-hydrogen) atoms. The Morgan fingerprint density at radius 2 is 2.12 bits per heavy atom. The second-order valence-electron chi connectivity index (χ2n) is 5.28. The highest BCUT2D eigenvalue weighted by molar-refractivity contribution is 5.91. The van der Waals surface area contributed by atoms with Crippen molar-refractivity contribution in [1.29, 1.82) is 0 Å². The summed E-state index contributed by atoms with van der Waals surface area (Å²) in [4.78, 5) is 16.6. The van der Waals surface area contributed by atoms with Gasteiger partial charge in [0, 0.05) is 12.8 Å². The molecule has 0 spiro atoms. The normalized spacial score (nSPS) is 10.8. The Bertz CT molecular complexity index is 874. The van der Waals surface area contributed by atoms with Crippen LogP contribution in [0.2, 0.25) is 0 Å². The van der Waals surface area contributed by atoms with Crippen LogP contribution in [-0.4, -0.2) is 40.9 Å². The van der Waals surface area contributed by atoms with Crippen molar-refractivity contribution >= 4 is 11.6 Å². The summed E-state index contributed by atoms with van der Waals surface area (Å²) in [5.41, 5.74) is 0.580. The molecule has 2 aromatic heterocycles. The van der Waals surface area contributed by atoms with Crippen LogP contribution < -0.4 is 5.32 Å². The Morgan fingerprint density at radius 1 is 1.28 bits per heavy atom. The molecule has 10 heteroatoms. The Hall–Kier alpha value is -3.17. The molecule has 0 fully saturated rings. The number of aryl methyl sites for hydroxylation is 2. The summed E-state index contributed by atoms with van der Waals surface area (Å²) in [5, 5.41) is 17.6. The van der Waals surface area contributed by atoms with Crippen LogP contribution in [0.1, 0.15) is 25.5 Å². The van der Waals surface area contributed by atoms with E-state index < -0.39 is 11.7 Å². The van der Waals surface area contributed by atoms with Crippen molar-refractivity contribution in [2.75, 3.05) is 5.32 Å². The van der Waals surface area contributed by atoms with Crippen molar-refractivity contribution in [3.8, 4) is 5.69 Å². The number of nitrogens with one attached hydrogen (secondary N) is 1. The largest absolute Gasteiger partial charge is 0.322 e. The van der Waals surface area contributed by atoms with Crippen LogP contribution in [0.4, 0.5) is 10.1 Å². The third-order valence-electron chi connectivity index (χ3n) is 3.56. The van der Waals surface area contributed by atoms with Gasteiger partial charge in [-0.25, -0.2) is 18.7 Å². The number of hydrogen-bond donors (Lipinski definition) is 1. The SMILES string of the molecule is CCc1nc(CC)n(CC(=O)Nc2cc(-n3cnnn3)ccc2F)n1. The van der Waals surface area contributed by atoms with E-state index in [0.29, 0.717) is 24.4 Å². The summed E-state index contributed by atoms with van der Waals surface area (Å²) in [6, 6.07) is 4.22. The lowest BCUT2D eigenvalue weighted by Gasteiger charge is -2.09. The average molecular weight is 344 g/mol. The van der Waals surface area contributed by atoms with Crippen LogP contribution >= 0.6 is 0 Å². The summed E-state index contributed by atoms with van der Waals surface area (Å²) in [6.45, 7) is 3.84. The van der Waals surface area contributed by atoms with Crippen LogP contribution in [0.15, 0.2) is 24.5 Å². The fourth-order valence-corrected chi connectivity index (χ4v) is 2.32. The van der Waals surface area contributed by atoms with Gasteiger partial charge in [-0.3, -0.25) is 4.79 Å². The van der Waals surface area contributed by atoms with E-state index in [1.165, 1.54) is 33.9 Å². The number of nitrogens with zero attached hydrogens (tertiary/aromatic N) is 7. The van der Waals surface area contributed by atoms with Gasteiger partial charge in [-0.1, -0.05) is 13.8 Å². The minimum absolute atomic E-state index is 0.0370. The molecule has 1 amide bonds. The molecule has 0 aliphatic heterocycles. The van der Waals surface area contributed by atoms with Gasteiger partial charge < -0.3 is 5.32 Å². The molecule has 0 aliphatic rings. The first-order valence-electron chi connectivity index (χ1n) is 7.86. The summed E-state index contributed by atoms with van der Waals surface area (Å²) in [5.74, 6) is 0.454. The summed E-state index contributed by atoms with van der Waals surface area (Å²) in [7, 11) is 0. The van der Waals surface area contributed by atoms with Crippen molar-refractivity contribution in [3.05, 3.63) is 42.0 Å². The minimum Gasteiger partial charge on any atom is -0.322 e. The third kappa shape index (κ3) is 3.67. The lowest BCUT2D eigenvalue weighted by Crippen LogP contribution is -2.21. The molecule has 0 radical (unpaired) electrons. The van der Waals surface area contributed by atoms with Crippen molar-refractivity contribution < 1.29 is 9.18 Å². The molecule has 1 N–H and O–H groups in total. The van der Waals surface area contributed by atoms with E-state index in [1.54, 1.807) is 0 Å². The topological polar surface area (TPSA) is 103 Å². The number of tetrazole rings is 1. The first-order valence-corrected chi connectivity index (χ1v) is 7.86. The number of benzene rings is 1. The van der Waals surface area contributed by atoms with E-state index in [2.05, 4.69) is 30.9 Å². The van der Waals surface area contributed by atoms with Gasteiger partial charge in [0.05, 0.1) is 11.4 Å². The zero-order chi connectivity index (χ0) is 17.8. The molecule has 0 saturated heterocycles. The Morgan fingerprint density at radius 3 is 2.80 bits per heavy atom.